The van der Waals surface area contributed by atoms with E-state index in [1.807, 2.05) is 13.0 Å². The molecule has 1 atom stereocenters. The van der Waals surface area contributed by atoms with Crippen molar-refractivity contribution in [1.82, 2.24) is 24.8 Å². The molecule has 0 saturated carbocycles. The van der Waals surface area contributed by atoms with Gasteiger partial charge in [-0.05, 0) is 99.1 Å². The average molecular weight is 624 g/mol. The largest absolute Gasteiger partial charge is 0.466 e. The van der Waals surface area contributed by atoms with Gasteiger partial charge in [-0.1, -0.05) is 33.4 Å². The minimum Gasteiger partial charge on any atom is -0.466 e. The molecule has 2 N–H and O–H groups in total. The standard InChI is InChI=1S/C29H32N4.C9H17NO3/c1-8-20-18(6)27-14-29-21(9-2)17(5)26(32-29)12-22-15(3)10-24(30-22)19(7)25-11-16(4)23(31-25)13-28(20)33-27;1-4-9(12)10(3)6-5-7-13-8(2)11/h9,11-15,32-33H,2,8,10H2,1,3-7H3;4-7H2,1-3H3. The van der Waals surface area contributed by atoms with Crippen molar-refractivity contribution in [2.45, 2.75) is 87.0 Å². The summed E-state index contributed by atoms with van der Waals surface area (Å²) in [4.78, 5) is 40.5. The van der Waals surface area contributed by atoms with E-state index in [1.165, 1.54) is 34.8 Å². The molecule has 0 aliphatic carbocycles. The molecule has 8 nitrogen and oxygen atoms in total. The van der Waals surface area contributed by atoms with Crippen LogP contribution in [-0.2, 0) is 27.2 Å². The SMILES string of the molecule is C=Cc1c(C)c2cc3nc(c(C)c4nc(cc5[nH]c(cc1[nH]2)c(C)c5CC)C(C)=C4)CC3C.CCC(=O)N(C)CCCOC(C)=O. The summed E-state index contributed by atoms with van der Waals surface area (Å²) in [6.45, 7) is 21.4. The number of allylic oxidation sites excluding steroid dienone is 1. The molecular formula is C38H49N5O3. The zero-order chi connectivity index (χ0) is 33.7. The maximum atomic E-state index is 11.1. The summed E-state index contributed by atoms with van der Waals surface area (Å²) in [7, 11) is 1.75. The van der Waals surface area contributed by atoms with Crippen LogP contribution in [0, 0.1) is 20.8 Å². The van der Waals surface area contributed by atoms with Gasteiger partial charge in [0.15, 0.2) is 0 Å². The van der Waals surface area contributed by atoms with Gasteiger partial charge in [-0.3, -0.25) is 14.6 Å². The van der Waals surface area contributed by atoms with E-state index in [1.54, 1.807) is 11.9 Å². The molecule has 3 aromatic rings. The van der Waals surface area contributed by atoms with Crippen molar-refractivity contribution in [3.63, 3.8) is 0 Å². The fraction of sp³-hybridized carbons (Fsp3) is 0.421. The number of nitrogens with one attached hydrogen (secondary N) is 2. The number of aromatic amines is 2. The van der Waals surface area contributed by atoms with E-state index in [2.05, 4.69) is 82.4 Å². The average Bonchev–Trinajstić information content (AvgIpc) is 3.74. The molecule has 1 unspecified atom stereocenters. The molecule has 1 amide bonds. The van der Waals surface area contributed by atoms with Gasteiger partial charge in [0.25, 0.3) is 0 Å². The van der Waals surface area contributed by atoms with Crippen LogP contribution < -0.4 is 0 Å². The minimum atomic E-state index is -0.274. The predicted octanol–water partition coefficient (Wildman–Crippen LogP) is 8.16. The van der Waals surface area contributed by atoms with Gasteiger partial charge < -0.3 is 19.6 Å². The number of carbonyl (C=O) groups excluding carboxylic acids is 2. The molecule has 0 radical (unpaired) electrons. The highest BCUT2D eigenvalue weighted by Gasteiger charge is 2.20. The number of H-pyrrole nitrogens is 2. The van der Waals surface area contributed by atoms with E-state index < -0.39 is 0 Å². The van der Waals surface area contributed by atoms with Gasteiger partial charge in [0.2, 0.25) is 5.91 Å². The first-order valence-corrected chi connectivity index (χ1v) is 16.3. The van der Waals surface area contributed by atoms with Crippen LogP contribution in [0.25, 0.3) is 39.8 Å². The summed E-state index contributed by atoms with van der Waals surface area (Å²) in [5.41, 5.74) is 16.0. The normalized spacial score (nSPS) is 13.8. The van der Waals surface area contributed by atoms with E-state index in [0.717, 1.165) is 63.2 Å². The van der Waals surface area contributed by atoms with Crippen molar-refractivity contribution in [3.05, 3.63) is 75.4 Å². The lowest BCUT2D eigenvalue weighted by atomic mass is 10.0. The second kappa shape index (κ2) is 14.8. The second-order valence-corrected chi connectivity index (χ2v) is 12.3. The van der Waals surface area contributed by atoms with Gasteiger partial charge in [-0.25, -0.2) is 4.98 Å². The third-order valence-corrected chi connectivity index (χ3v) is 8.99. The smallest absolute Gasteiger partial charge is 0.302 e. The molecule has 8 bridgehead atoms. The number of hydrogen-bond acceptors (Lipinski definition) is 5. The fourth-order valence-electron chi connectivity index (χ4n) is 6.05. The monoisotopic (exact) mass is 623 g/mol. The van der Waals surface area contributed by atoms with Crippen molar-refractivity contribution < 1.29 is 14.3 Å². The van der Waals surface area contributed by atoms with Crippen LogP contribution in [0.5, 0.6) is 0 Å². The Morgan fingerprint density at radius 2 is 1.70 bits per heavy atom. The van der Waals surface area contributed by atoms with Crippen LogP contribution in [0.3, 0.4) is 0 Å². The number of ether oxygens (including phenoxy) is 1. The van der Waals surface area contributed by atoms with E-state index in [4.69, 9.17) is 14.7 Å². The first kappa shape index (κ1) is 34.4. The molecule has 2 aliphatic heterocycles. The fourth-order valence-corrected chi connectivity index (χ4v) is 6.05. The third kappa shape index (κ3) is 7.49. The molecule has 0 saturated heterocycles. The summed E-state index contributed by atoms with van der Waals surface area (Å²) in [6, 6.07) is 6.63. The molecule has 0 aromatic carbocycles. The number of hydrogen-bond donors (Lipinski definition) is 2. The topological polar surface area (TPSA) is 104 Å². The highest BCUT2D eigenvalue weighted by molar-refractivity contribution is 5.86. The summed E-state index contributed by atoms with van der Waals surface area (Å²) >= 11 is 0. The van der Waals surface area contributed by atoms with Crippen LogP contribution in [-0.4, -0.2) is 56.9 Å². The molecule has 5 rings (SSSR count). The van der Waals surface area contributed by atoms with Gasteiger partial charge in [-0.2, -0.15) is 0 Å². The summed E-state index contributed by atoms with van der Waals surface area (Å²) in [5.74, 6) is 0.210. The number of esters is 1. The first-order chi connectivity index (χ1) is 21.9. The Balaban J connectivity index is 0.000000315. The number of fused-ring (bicyclic) bond motifs is 8. The molecule has 3 aromatic heterocycles. The third-order valence-electron chi connectivity index (χ3n) is 8.99. The Morgan fingerprint density at radius 3 is 2.35 bits per heavy atom. The van der Waals surface area contributed by atoms with Crippen LogP contribution in [0.2, 0.25) is 0 Å². The number of rotatable bonds is 7. The number of carbonyl (C=O) groups is 2. The van der Waals surface area contributed by atoms with Crippen LogP contribution in [0.1, 0.15) is 104 Å². The molecule has 0 fully saturated rings. The lowest BCUT2D eigenvalue weighted by Crippen LogP contribution is -2.27. The maximum Gasteiger partial charge on any atom is 0.302 e. The van der Waals surface area contributed by atoms with E-state index in [0.29, 0.717) is 31.9 Å². The van der Waals surface area contributed by atoms with Crippen molar-refractivity contribution in [1.29, 1.82) is 0 Å². The predicted molar refractivity (Wildman–Crippen MR) is 190 cm³/mol. The Hall–Kier alpha value is -4.46. The van der Waals surface area contributed by atoms with Crippen LogP contribution in [0.4, 0.5) is 0 Å². The summed E-state index contributed by atoms with van der Waals surface area (Å²) in [6.07, 6.45) is 7.26. The second-order valence-electron chi connectivity index (χ2n) is 12.3. The Kier molecular flexibility index (Phi) is 11.0. The summed E-state index contributed by atoms with van der Waals surface area (Å²) in [5, 5.41) is 0. The molecule has 5 heterocycles. The molecule has 244 valence electrons. The molecule has 0 spiro atoms. The molecule has 2 aliphatic rings. The van der Waals surface area contributed by atoms with Crippen LogP contribution in [0.15, 0.2) is 24.8 Å². The van der Waals surface area contributed by atoms with Crippen molar-refractivity contribution in [3.8, 4) is 0 Å². The summed E-state index contributed by atoms with van der Waals surface area (Å²) < 4.78 is 4.73. The number of amides is 1. The molecule has 46 heavy (non-hydrogen) atoms. The Labute approximate surface area is 273 Å². The highest BCUT2D eigenvalue weighted by atomic mass is 16.5. The van der Waals surface area contributed by atoms with E-state index in [9.17, 15) is 9.59 Å². The van der Waals surface area contributed by atoms with Gasteiger partial charge >= 0.3 is 5.97 Å². The highest BCUT2D eigenvalue weighted by Crippen LogP contribution is 2.32. The number of aryl methyl sites for hydroxylation is 3. The number of nitrogens with zero attached hydrogens (tertiary/aromatic N) is 3. The first-order valence-electron chi connectivity index (χ1n) is 16.3. The lowest BCUT2D eigenvalue weighted by Gasteiger charge is -2.15. The zero-order valence-electron chi connectivity index (χ0n) is 29.0. The molecule has 8 heteroatoms. The van der Waals surface area contributed by atoms with Gasteiger partial charge in [0.05, 0.1) is 18.0 Å². The van der Waals surface area contributed by atoms with Crippen molar-refractivity contribution in [2.24, 2.45) is 0 Å². The van der Waals surface area contributed by atoms with E-state index in [-0.39, 0.29) is 11.9 Å². The zero-order valence-corrected chi connectivity index (χ0v) is 29.0. The van der Waals surface area contributed by atoms with Gasteiger partial charge in [0.1, 0.15) is 0 Å². The Bertz CT molecular complexity index is 1840. The van der Waals surface area contributed by atoms with Crippen LogP contribution >= 0.6 is 0 Å². The van der Waals surface area contributed by atoms with Gasteiger partial charge in [0, 0.05) is 71.9 Å². The van der Waals surface area contributed by atoms with Crippen molar-refractivity contribution in [2.75, 3.05) is 20.2 Å². The van der Waals surface area contributed by atoms with E-state index >= 15 is 0 Å². The van der Waals surface area contributed by atoms with Gasteiger partial charge in [-0.15, -0.1) is 0 Å². The minimum absolute atomic E-state index is 0.114. The molecular weight excluding hydrogens is 574 g/mol. The number of aromatic nitrogens is 4. The maximum absolute atomic E-state index is 11.1. The lowest BCUT2D eigenvalue weighted by molar-refractivity contribution is -0.141. The quantitative estimate of drug-likeness (QED) is 0.204. The Morgan fingerprint density at radius 1 is 1.00 bits per heavy atom. The van der Waals surface area contributed by atoms with Crippen molar-refractivity contribution >= 4 is 51.7 Å².